The van der Waals surface area contributed by atoms with Crippen LogP contribution in [-0.4, -0.2) is 0 Å². The fourth-order valence-electron chi connectivity index (χ4n) is 1.46. The van der Waals surface area contributed by atoms with E-state index in [9.17, 15) is 0 Å². The fourth-order valence-corrected chi connectivity index (χ4v) is 2.21. The summed E-state index contributed by atoms with van der Waals surface area (Å²) in [5.74, 6) is 0.673. The highest BCUT2D eigenvalue weighted by atomic mass is 32.1. The average molecular weight is 189 g/mol. The summed E-state index contributed by atoms with van der Waals surface area (Å²) in [4.78, 5) is 0. The van der Waals surface area contributed by atoms with Crippen LogP contribution in [0.25, 0.3) is 10.1 Å². The van der Waals surface area contributed by atoms with E-state index >= 15 is 0 Å². The van der Waals surface area contributed by atoms with E-state index in [0.717, 1.165) is 0 Å². The molecule has 1 aromatic carbocycles. The molecule has 0 N–H and O–H groups in total. The van der Waals surface area contributed by atoms with Gasteiger partial charge in [-0.1, -0.05) is 26.0 Å². The molecule has 0 fully saturated rings. The minimum atomic E-state index is 0.673. The third kappa shape index (κ3) is 1.61. The molecule has 0 amide bonds. The van der Waals surface area contributed by atoms with Gasteiger partial charge in [0, 0.05) is 10.1 Å². The smallest absolute Gasteiger partial charge is 0.0455 e. The molecule has 1 heteroatoms. The van der Waals surface area contributed by atoms with Gasteiger partial charge in [-0.05, 0) is 35.4 Å². The monoisotopic (exact) mass is 189 g/mol. The molecule has 0 aliphatic rings. The van der Waals surface area contributed by atoms with Crippen LogP contribution in [-0.2, 0) is 0 Å². The normalized spacial score (nSPS) is 13.4. The van der Waals surface area contributed by atoms with Crippen LogP contribution in [0.5, 0.6) is 0 Å². The number of hydrogen-bond donors (Lipinski definition) is 0. The molecule has 0 aliphatic carbocycles. The number of rotatable bonds is 2. The Balaban J connectivity index is 2.48. The molecular formula is C12H13S. The quantitative estimate of drug-likeness (QED) is 0.663. The van der Waals surface area contributed by atoms with Crippen molar-refractivity contribution in [3.05, 3.63) is 35.2 Å². The molecule has 1 unspecified atom stereocenters. The van der Waals surface area contributed by atoms with Gasteiger partial charge < -0.3 is 0 Å². The Morgan fingerprint density at radius 2 is 2.31 bits per heavy atom. The van der Waals surface area contributed by atoms with Gasteiger partial charge >= 0.3 is 0 Å². The summed E-state index contributed by atoms with van der Waals surface area (Å²) < 4.78 is 1.36. The molecule has 67 valence electrons. The van der Waals surface area contributed by atoms with Gasteiger partial charge in [0.05, 0.1) is 0 Å². The molecule has 0 saturated carbocycles. The molecule has 0 bridgehead atoms. The van der Waals surface area contributed by atoms with E-state index in [4.69, 9.17) is 0 Å². The van der Waals surface area contributed by atoms with Crippen LogP contribution in [0.1, 0.15) is 31.7 Å². The van der Waals surface area contributed by atoms with E-state index in [2.05, 4.69) is 43.5 Å². The van der Waals surface area contributed by atoms with Crippen LogP contribution in [0, 0.1) is 5.38 Å². The van der Waals surface area contributed by atoms with E-state index < -0.39 is 0 Å². The fraction of sp³-hybridized carbons (Fsp3) is 0.333. The molecule has 0 spiro atoms. The van der Waals surface area contributed by atoms with Crippen molar-refractivity contribution in [1.29, 1.82) is 0 Å². The first-order chi connectivity index (χ1) is 6.31. The van der Waals surface area contributed by atoms with Crippen LogP contribution < -0.4 is 0 Å². The van der Waals surface area contributed by atoms with Gasteiger partial charge in [-0.15, -0.1) is 11.3 Å². The lowest BCUT2D eigenvalue weighted by atomic mass is 9.98. The van der Waals surface area contributed by atoms with Crippen molar-refractivity contribution in [2.24, 2.45) is 0 Å². The highest BCUT2D eigenvalue weighted by Crippen LogP contribution is 2.26. The van der Waals surface area contributed by atoms with Crippen molar-refractivity contribution in [2.75, 3.05) is 0 Å². The molecule has 2 aromatic rings. The standard InChI is InChI=1S/C12H13S/c1-3-9(2)11-5-4-10-6-7-13-12(10)8-11/h4-6,8-9H,3H2,1-2H3. The minimum Gasteiger partial charge on any atom is -0.134 e. The zero-order valence-corrected chi connectivity index (χ0v) is 8.82. The number of benzene rings is 1. The molecule has 0 saturated heterocycles. The summed E-state index contributed by atoms with van der Waals surface area (Å²) in [6.07, 6.45) is 1.21. The maximum atomic E-state index is 3.16. The minimum absolute atomic E-state index is 0.673. The van der Waals surface area contributed by atoms with Crippen molar-refractivity contribution >= 4 is 21.4 Å². The van der Waals surface area contributed by atoms with Crippen LogP contribution in [0.4, 0.5) is 0 Å². The Hall–Kier alpha value is -0.820. The Morgan fingerprint density at radius 1 is 1.46 bits per heavy atom. The molecular weight excluding hydrogens is 176 g/mol. The van der Waals surface area contributed by atoms with Crippen molar-refractivity contribution in [3.63, 3.8) is 0 Å². The summed E-state index contributed by atoms with van der Waals surface area (Å²) in [6, 6.07) is 8.78. The van der Waals surface area contributed by atoms with Crippen molar-refractivity contribution in [2.45, 2.75) is 26.2 Å². The van der Waals surface area contributed by atoms with Gasteiger partial charge in [0.2, 0.25) is 0 Å². The zero-order valence-electron chi connectivity index (χ0n) is 8.00. The highest BCUT2D eigenvalue weighted by Gasteiger charge is 2.03. The summed E-state index contributed by atoms with van der Waals surface area (Å²) in [5.41, 5.74) is 1.45. The van der Waals surface area contributed by atoms with Gasteiger partial charge in [-0.25, -0.2) is 0 Å². The van der Waals surface area contributed by atoms with Crippen LogP contribution >= 0.6 is 11.3 Å². The summed E-state index contributed by atoms with van der Waals surface area (Å²) in [7, 11) is 0. The second-order valence-corrected chi connectivity index (χ2v) is 4.35. The molecule has 1 atom stereocenters. The summed E-state index contributed by atoms with van der Waals surface area (Å²) >= 11 is 1.70. The van der Waals surface area contributed by atoms with Crippen molar-refractivity contribution < 1.29 is 0 Å². The predicted octanol–water partition coefficient (Wildman–Crippen LogP) is 4.21. The van der Waals surface area contributed by atoms with E-state index in [1.807, 2.05) is 0 Å². The molecule has 13 heavy (non-hydrogen) atoms. The Bertz CT molecular complexity index is 400. The largest absolute Gasteiger partial charge is 0.134 e. The third-order valence-electron chi connectivity index (χ3n) is 2.60. The third-order valence-corrected chi connectivity index (χ3v) is 3.41. The molecule has 0 aliphatic heterocycles. The second kappa shape index (κ2) is 3.51. The van der Waals surface area contributed by atoms with Gasteiger partial charge in [-0.2, -0.15) is 0 Å². The van der Waals surface area contributed by atoms with Crippen LogP contribution in [0.15, 0.2) is 24.3 Å². The van der Waals surface area contributed by atoms with E-state index in [1.165, 1.54) is 22.1 Å². The van der Waals surface area contributed by atoms with E-state index in [-0.39, 0.29) is 0 Å². The first kappa shape index (κ1) is 8.76. The topological polar surface area (TPSA) is 0 Å². The highest BCUT2D eigenvalue weighted by molar-refractivity contribution is 7.16. The lowest BCUT2D eigenvalue weighted by Gasteiger charge is -2.08. The number of hydrogen-bond acceptors (Lipinski definition) is 1. The number of fused-ring (bicyclic) bond motifs is 1. The first-order valence-corrected chi connectivity index (χ1v) is 5.52. The molecule has 1 aromatic heterocycles. The Kier molecular flexibility index (Phi) is 2.36. The van der Waals surface area contributed by atoms with Crippen LogP contribution in [0.3, 0.4) is 0 Å². The number of thiophene rings is 1. The van der Waals surface area contributed by atoms with Gasteiger partial charge in [0.1, 0.15) is 0 Å². The van der Waals surface area contributed by atoms with Crippen LogP contribution in [0.2, 0.25) is 0 Å². The van der Waals surface area contributed by atoms with Gasteiger partial charge in [-0.3, -0.25) is 0 Å². The van der Waals surface area contributed by atoms with E-state index in [0.29, 0.717) is 5.92 Å². The Morgan fingerprint density at radius 3 is 3.08 bits per heavy atom. The SMILES string of the molecule is CCC(C)c1ccc2c[c]sc2c1. The summed E-state index contributed by atoms with van der Waals surface area (Å²) in [5, 5.41) is 4.48. The predicted molar refractivity (Wildman–Crippen MR) is 59.4 cm³/mol. The lowest BCUT2D eigenvalue weighted by Crippen LogP contribution is -1.89. The maximum Gasteiger partial charge on any atom is 0.0455 e. The maximum absolute atomic E-state index is 3.16. The van der Waals surface area contributed by atoms with Crippen molar-refractivity contribution in [3.8, 4) is 0 Å². The summed E-state index contributed by atoms with van der Waals surface area (Å²) in [6.45, 7) is 4.51. The molecule has 1 heterocycles. The average Bonchev–Trinajstić information content (AvgIpc) is 2.63. The van der Waals surface area contributed by atoms with Crippen molar-refractivity contribution in [1.82, 2.24) is 0 Å². The molecule has 1 radical (unpaired) electrons. The second-order valence-electron chi connectivity index (χ2n) is 3.47. The zero-order chi connectivity index (χ0) is 9.26. The Labute approximate surface area is 83.2 Å². The van der Waals surface area contributed by atoms with E-state index in [1.54, 1.807) is 11.3 Å². The molecule has 2 rings (SSSR count). The van der Waals surface area contributed by atoms with Gasteiger partial charge in [0.25, 0.3) is 0 Å². The lowest BCUT2D eigenvalue weighted by molar-refractivity contribution is 0.735. The first-order valence-electron chi connectivity index (χ1n) is 4.71. The van der Waals surface area contributed by atoms with Gasteiger partial charge in [0.15, 0.2) is 0 Å². The molecule has 0 nitrogen and oxygen atoms in total.